The van der Waals surface area contributed by atoms with Crippen molar-refractivity contribution in [2.75, 3.05) is 7.11 Å². The second-order valence-corrected chi connectivity index (χ2v) is 4.77. The number of methoxy groups -OCH3 is 1. The van der Waals surface area contributed by atoms with E-state index < -0.39 is 5.97 Å². The number of rotatable bonds is 6. The van der Waals surface area contributed by atoms with Gasteiger partial charge in [-0.3, -0.25) is 0 Å². The van der Waals surface area contributed by atoms with Crippen LogP contribution in [0.3, 0.4) is 0 Å². The minimum Gasteiger partial charge on any atom is -0.493 e. The van der Waals surface area contributed by atoms with Gasteiger partial charge in [0.2, 0.25) is 0 Å². The first-order valence-corrected chi connectivity index (χ1v) is 6.59. The van der Waals surface area contributed by atoms with Crippen molar-refractivity contribution in [3.63, 3.8) is 0 Å². The maximum absolute atomic E-state index is 11.2. The lowest BCUT2D eigenvalue weighted by atomic mass is 10.3. The normalized spacial score (nSPS) is 10.7. The smallest absolute Gasteiger partial charge is 0.354 e. The summed E-state index contributed by atoms with van der Waals surface area (Å²) in [7, 11) is 1.57. The third-order valence-corrected chi connectivity index (χ3v) is 3.03. The van der Waals surface area contributed by atoms with Gasteiger partial charge in [-0.1, -0.05) is 12.1 Å². The summed E-state index contributed by atoms with van der Waals surface area (Å²) in [6.45, 7) is 3.98. The summed E-state index contributed by atoms with van der Waals surface area (Å²) in [4.78, 5) is 15.3. The average molecular weight is 290 g/mol. The maximum atomic E-state index is 11.2. The van der Waals surface area contributed by atoms with Crippen molar-refractivity contribution < 1.29 is 19.4 Å². The molecule has 0 amide bonds. The Bertz CT molecular complexity index is 634. The van der Waals surface area contributed by atoms with Crippen LogP contribution in [0.25, 0.3) is 0 Å². The van der Waals surface area contributed by atoms with Gasteiger partial charge in [0.25, 0.3) is 0 Å². The SMILES string of the molecule is COc1ccccc1OCc1ncc(C(=O)O)n1C(C)C. The van der Waals surface area contributed by atoms with Gasteiger partial charge in [-0.15, -0.1) is 0 Å². The number of aromatic carboxylic acids is 1. The molecule has 6 nitrogen and oxygen atoms in total. The molecule has 0 aliphatic heterocycles. The van der Waals surface area contributed by atoms with Gasteiger partial charge in [0.05, 0.1) is 13.3 Å². The molecule has 0 radical (unpaired) electrons. The van der Waals surface area contributed by atoms with Crippen molar-refractivity contribution in [2.24, 2.45) is 0 Å². The largest absolute Gasteiger partial charge is 0.493 e. The molecule has 2 aromatic rings. The number of carbonyl (C=O) groups is 1. The van der Waals surface area contributed by atoms with Gasteiger partial charge in [0.15, 0.2) is 11.5 Å². The van der Waals surface area contributed by atoms with E-state index in [1.165, 1.54) is 6.20 Å². The van der Waals surface area contributed by atoms with Crippen LogP contribution in [-0.2, 0) is 6.61 Å². The fraction of sp³-hybridized carbons (Fsp3) is 0.333. The summed E-state index contributed by atoms with van der Waals surface area (Å²) in [5.41, 5.74) is 0.156. The van der Waals surface area contributed by atoms with Crippen molar-refractivity contribution in [3.05, 3.63) is 42.0 Å². The zero-order valence-corrected chi connectivity index (χ0v) is 12.2. The highest BCUT2D eigenvalue weighted by Gasteiger charge is 2.18. The average Bonchev–Trinajstić information content (AvgIpc) is 2.89. The van der Waals surface area contributed by atoms with Crippen LogP contribution in [-0.4, -0.2) is 27.7 Å². The number of aromatic nitrogens is 2. The van der Waals surface area contributed by atoms with Crippen LogP contribution < -0.4 is 9.47 Å². The fourth-order valence-electron chi connectivity index (χ4n) is 2.12. The molecular weight excluding hydrogens is 272 g/mol. The quantitative estimate of drug-likeness (QED) is 0.885. The summed E-state index contributed by atoms with van der Waals surface area (Å²) in [6, 6.07) is 7.26. The first-order chi connectivity index (χ1) is 10.0. The van der Waals surface area contributed by atoms with Crippen molar-refractivity contribution in [1.82, 2.24) is 9.55 Å². The van der Waals surface area contributed by atoms with Crippen molar-refractivity contribution in [1.29, 1.82) is 0 Å². The second-order valence-electron chi connectivity index (χ2n) is 4.77. The third kappa shape index (κ3) is 3.16. The number of carboxylic acids is 1. The highest BCUT2D eigenvalue weighted by atomic mass is 16.5. The molecule has 0 fully saturated rings. The predicted molar refractivity (Wildman–Crippen MR) is 76.9 cm³/mol. The van der Waals surface area contributed by atoms with Gasteiger partial charge in [-0.2, -0.15) is 0 Å². The molecule has 0 unspecified atom stereocenters. The van der Waals surface area contributed by atoms with Gasteiger partial charge < -0.3 is 19.1 Å². The van der Waals surface area contributed by atoms with Gasteiger partial charge >= 0.3 is 5.97 Å². The Hall–Kier alpha value is -2.50. The molecule has 1 aromatic heterocycles. The Morgan fingerprint density at radius 2 is 2.00 bits per heavy atom. The van der Waals surface area contributed by atoms with E-state index in [0.717, 1.165) is 0 Å². The minimum absolute atomic E-state index is 0.0186. The summed E-state index contributed by atoms with van der Waals surface area (Å²) in [6.07, 6.45) is 1.35. The number of imidazole rings is 1. The number of para-hydroxylation sites is 2. The number of carboxylic acid groups (broad SMARTS) is 1. The number of hydrogen-bond donors (Lipinski definition) is 1. The lowest BCUT2D eigenvalue weighted by molar-refractivity contribution is 0.0682. The Kier molecular flexibility index (Phi) is 4.47. The Morgan fingerprint density at radius 1 is 1.33 bits per heavy atom. The molecule has 0 saturated heterocycles. The molecule has 0 spiro atoms. The monoisotopic (exact) mass is 290 g/mol. The third-order valence-electron chi connectivity index (χ3n) is 3.03. The summed E-state index contributed by atoms with van der Waals surface area (Å²) >= 11 is 0. The highest BCUT2D eigenvalue weighted by molar-refractivity contribution is 5.85. The maximum Gasteiger partial charge on any atom is 0.354 e. The zero-order chi connectivity index (χ0) is 15.4. The Labute approximate surface area is 122 Å². The molecule has 112 valence electrons. The van der Waals surface area contributed by atoms with Crippen LogP contribution in [0, 0.1) is 0 Å². The molecule has 6 heteroatoms. The van der Waals surface area contributed by atoms with E-state index in [9.17, 15) is 9.90 Å². The van der Waals surface area contributed by atoms with Crippen LogP contribution in [0.5, 0.6) is 11.5 Å². The van der Waals surface area contributed by atoms with E-state index in [0.29, 0.717) is 17.3 Å². The molecule has 0 bridgehead atoms. The molecule has 1 N–H and O–H groups in total. The molecule has 0 aliphatic carbocycles. The summed E-state index contributed by atoms with van der Waals surface area (Å²) in [5, 5.41) is 9.17. The van der Waals surface area contributed by atoms with E-state index in [2.05, 4.69) is 4.98 Å². The number of benzene rings is 1. The van der Waals surface area contributed by atoms with E-state index in [1.54, 1.807) is 23.8 Å². The van der Waals surface area contributed by atoms with E-state index in [1.807, 2.05) is 26.0 Å². The van der Waals surface area contributed by atoms with Crippen molar-refractivity contribution in [3.8, 4) is 11.5 Å². The van der Waals surface area contributed by atoms with Gasteiger partial charge in [-0.25, -0.2) is 9.78 Å². The fourth-order valence-corrected chi connectivity index (χ4v) is 2.12. The summed E-state index contributed by atoms with van der Waals surface area (Å²) < 4.78 is 12.6. The summed E-state index contributed by atoms with van der Waals surface area (Å²) in [5.74, 6) is 0.779. The van der Waals surface area contributed by atoms with Gasteiger partial charge in [0.1, 0.15) is 18.1 Å². The van der Waals surface area contributed by atoms with Crippen LogP contribution >= 0.6 is 0 Å². The van der Waals surface area contributed by atoms with Gasteiger partial charge in [-0.05, 0) is 26.0 Å². The molecule has 21 heavy (non-hydrogen) atoms. The molecule has 0 aliphatic rings. The second kappa shape index (κ2) is 6.30. The first kappa shape index (κ1) is 14.9. The van der Waals surface area contributed by atoms with Crippen molar-refractivity contribution in [2.45, 2.75) is 26.5 Å². The molecule has 0 saturated carbocycles. The zero-order valence-electron chi connectivity index (χ0n) is 12.2. The van der Waals surface area contributed by atoms with Crippen LogP contribution in [0.4, 0.5) is 0 Å². The van der Waals surface area contributed by atoms with Crippen molar-refractivity contribution >= 4 is 5.97 Å². The minimum atomic E-state index is -1.00. The first-order valence-electron chi connectivity index (χ1n) is 6.59. The Balaban J connectivity index is 2.22. The highest BCUT2D eigenvalue weighted by Crippen LogP contribution is 2.27. The van der Waals surface area contributed by atoms with E-state index >= 15 is 0 Å². The van der Waals surface area contributed by atoms with Gasteiger partial charge in [0, 0.05) is 6.04 Å². The van der Waals surface area contributed by atoms with E-state index in [4.69, 9.17) is 9.47 Å². The molecule has 1 aromatic carbocycles. The standard InChI is InChI=1S/C15H18N2O4/c1-10(2)17-11(15(18)19)8-16-14(17)9-21-13-7-5-4-6-12(13)20-3/h4-8,10H,9H2,1-3H3,(H,18,19). The lowest BCUT2D eigenvalue weighted by Gasteiger charge is -2.15. The number of nitrogens with zero attached hydrogens (tertiary/aromatic N) is 2. The number of hydrogen-bond acceptors (Lipinski definition) is 4. The van der Waals surface area contributed by atoms with Crippen LogP contribution in [0.15, 0.2) is 30.5 Å². The topological polar surface area (TPSA) is 73.6 Å². The van der Waals surface area contributed by atoms with Crippen LogP contribution in [0.1, 0.15) is 36.2 Å². The molecule has 0 atom stereocenters. The predicted octanol–water partition coefficient (Wildman–Crippen LogP) is 2.75. The van der Waals surface area contributed by atoms with Crippen LogP contribution in [0.2, 0.25) is 0 Å². The van der Waals surface area contributed by atoms with E-state index in [-0.39, 0.29) is 18.3 Å². The lowest BCUT2D eigenvalue weighted by Crippen LogP contribution is -2.15. The molecule has 1 heterocycles. The molecule has 2 rings (SSSR count). The Morgan fingerprint density at radius 3 is 2.57 bits per heavy atom. The number of ether oxygens (including phenoxy) is 2. The molecular formula is C15H18N2O4.